The topological polar surface area (TPSA) is 131 Å². The van der Waals surface area contributed by atoms with Crippen LogP contribution in [0.1, 0.15) is 12.8 Å². The second kappa shape index (κ2) is 11.8. The number of carbonyl (C=O) groups excluding carboxylic acids is 2. The lowest BCUT2D eigenvalue weighted by atomic mass is 9.96. The van der Waals surface area contributed by atoms with Gasteiger partial charge in [-0.1, -0.05) is 11.6 Å². The van der Waals surface area contributed by atoms with Gasteiger partial charge in [-0.05, 0) is 25.0 Å². The van der Waals surface area contributed by atoms with Crippen molar-refractivity contribution in [3.05, 3.63) is 39.8 Å². The predicted octanol–water partition coefficient (Wildman–Crippen LogP) is 2.16. The fraction of sp³-hybridized carbons (Fsp3) is 0.423. The van der Waals surface area contributed by atoms with Gasteiger partial charge in [0.25, 0.3) is 11.5 Å². The molecule has 1 aromatic carbocycles. The molecule has 1 aliphatic heterocycles. The van der Waals surface area contributed by atoms with Gasteiger partial charge in [-0.2, -0.15) is 4.98 Å². The summed E-state index contributed by atoms with van der Waals surface area (Å²) in [5.74, 6) is 1.17. The van der Waals surface area contributed by atoms with Crippen molar-refractivity contribution >= 4 is 51.8 Å². The van der Waals surface area contributed by atoms with Crippen molar-refractivity contribution in [3.8, 4) is 11.5 Å². The zero-order valence-electron chi connectivity index (χ0n) is 22.6. The molecular formula is C26H32ClN7O5. The van der Waals surface area contributed by atoms with Crippen LogP contribution in [0.15, 0.2) is 29.2 Å². The number of hydrogen-bond donors (Lipinski definition) is 2. The third kappa shape index (κ3) is 6.00. The van der Waals surface area contributed by atoms with Crippen molar-refractivity contribution < 1.29 is 19.1 Å². The summed E-state index contributed by atoms with van der Waals surface area (Å²) < 4.78 is 12.5. The zero-order valence-corrected chi connectivity index (χ0v) is 23.3. The molecule has 13 heteroatoms. The number of halogens is 1. The number of hydrogen-bond acceptors (Lipinski definition) is 9. The first-order valence-corrected chi connectivity index (χ1v) is 12.8. The molecule has 0 saturated carbocycles. The Morgan fingerprint density at radius 1 is 1.18 bits per heavy atom. The number of piperidine rings is 1. The minimum atomic E-state index is -0.381. The molecule has 0 atom stereocenters. The molecule has 0 unspecified atom stereocenters. The number of pyridine rings is 1. The summed E-state index contributed by atoms with van der Waals surface area (Å²) >= 11 is 6.45. The number of fused-ring (bicyclic) bond motifs is 1. The molecule has 0 aliphatic carbocycles. The Morgan fingerprint density at radius 3 is 2.54 bits per heavy atom. The van der Waals surface area contributed by atoms with Crippen molar-refractivity contribution in [2.24, 2.45) is 13.0 Å². The van der Waals surface area contributed by atoms with Crippen LogP contribution in [0.25, 0.3) is 10.9 Å². The first-order valence-electron chi connectivity index (χ1n) is 12.4. The van der Waals surface area contributed by atoms with E-state index in [0.29, 0.717) is 65.1 Å². The summed E-state index contributed by atoms with van der Waals surface area (Å²) in [6, 6.07) is 5.10. The largest absolute Gasteiger partial charge is 0.494 e. The van der Waals surface area contributed by atoms with Crippen LogP contribution in [0.3, 0.4) is 0 Å². The number of carbonyl (C=O) groups is 2. The monoisotopic (exact) mass is 557 g/mol. The van der Waals surface area contributed by atoms with E-state index < -0.39 is 0 Å². The summed E-state index contributed by atoms with van der Waals surface area (Å²) in [5, 5.41) is 6.67. The average molecular weight is 558 g/mol. The first kappa shape index (κ1) is 28.0. The highest BCUT2D eigenvalue weighted by atomic mass is 35.5. The van der Waals surface area contributed by atoms with Crippen LogP contribution < -0.4 is 30.6 Å². The number of rotatable bonds is 8. The number of aryl methyl sites for hydroxylation is 1. The molecule has 0 spiro atoms. The van der Waals surface area contributed by atoms with Crippen molar-refractivity contribution in [2.75, 3.05) is 58.2 Å². The van der Waals surface area contributed by atoms with Crippen molar-refractivity contribution in [1.82, 2.24) is 24.8 Å². The van der Waals surface area contributed by atoms with E-state index in [-0.39, 0.29) is 35.6 Å². The van der Waals surface area contributed by atoms with Gasteiger partial charge in [0.05, 0.1) is 24.5 Å². The smallest absolute Gasteiger partial charge is 0.293 e. The lowest BCUT2D eigenvalue weighted by Gasteiger charge is -2.32. The van der Waals surface area contributed by atoms with E-state index in [1.165, 1.54) is 24.9 Å². The van der Waals surface area contributed by atoms with Gasteiger partial charge in [-0.25, -0.2) is 4.98 Å². The van der Waals surface area contributed by atoms with Crippen LogP contribution in [0.2, 0.25) is 5.02 Å². The van der Waals surface area contributed by atoms with E-state index in [1.54, 1.807) is 44.2 Å². The number of nitrogens with one attached hydrogen (secondary N) is 2. The Bertz CT molecular complexity index is 1450. The molecule has 0 bridgehead atoms. The van der Waals surface area contributed by atoms with Crippen LogP contribution in [0.5, 0.6) is 11.5 Å². The Balaban J connectivity index is 1.62. The minimum absolute atomic E-state index is 0.0100. The van der Waals surface area contributed by atoms with Crippen LogP contribution in [0.4, 0.5) is 17.5 Å². The quantitative estimate of drug-likeness (QED) is 0.428. The van der Waals surface area contributed by atoms with E-state index in [4.69, 9.17) is 21.1 Å². The lowest BCUT2D eigenvalue weighted by molar-refractivity contribution is -0.133. The van der Waals surface area contributed by atoms with Gasteiger partial charge < -0.3 is 34.5 Å². The fourth-order valence-corrected chi connectivity index (χ4v) is 4.61. The van der Waals surface area contributed by atoms with Crippen molar-refractivity contribution in [1.29, 1.82) is 0 Å². The SMILES string of the molecule is CNC(=O)COc1cc2cc(Nc3nc(N4CCC(C(=O)N(C)C)CC4)ncc3Cl)c(OC)cc2n(C)c1=O. The molecule has 1 saturated heterocycles. The summed E-state index contributed by atoms with van der Waals surface area (Å²) in [6.45, 7) is 1.02. The van der Waals surface area contributed by atoms with Crippen LogP contribution in [-0.2, 0) is 16.6 Å². The van der Waals surface area contributed by atoms with Gasteiger partial charge in [0.2, 0.25) is 11.9 Å². The highest BCUT2D eigenvalue weighted by Crippen LogP contribution is 2.35. The molecule has 2 amide bonds. The summed E-state index contributed by atoms with van der Waals surface area (Å²) in [5.41, 5.74) is 0.788. The summed E-state index contributed by atoms with van der Waals surface area (Å²) in [6.07, 6.45) is 2.96. The standard InChI is InChI=1S/C26H32ClN7O5/c1-28-22(35)14-39-21-11-16-10-18(20(38-5)12-19(16)33(4)25(21)37)30-23-17(27)13-29-26(31-23)34-8-6-15(7-9-34)24(36)32(2)3/h10-13,15H,6-9,14H2,1-5H3,(H,28,35)(H,29,30,31). The molecule has 2 N–H and O–H groups in total. The molecule has 208 valence electrons. The number of ether oxygens (including phenoxy) is 2. The molecular weight excluding hydrogens is 526 g/mol. The number of amides is 2. The van der Waals surface area contributed by atoms with Gasteiger partial charge in [0.1, 0.15) is 10.8 Å². The van der Waals surface area contributed by atoms with Gasteiger partial charge in [0, 0.05) is 58.7 Å². The van der Waals surface area contributed by atoms with E-state index >= 15 is 0 Å². The molecule has 3 aromatic rings. The number of likely N-dealkylation sites (N-methyl/N-ethyl adjacent to an activating group) is 1. The number of methoxy groups -OCH3 is 1. The van der Waals surface area contributed by atoms with E-state index in [1.807, 2.05) is 4.90 Å². The number of benzene rings is 1. The van der Waals surface area contributed by atoms with Crippen LogP contribution in [0, 0.1) is 5.92 Å². The maximum absolute atomic E-state index is 12.8. The molecule has 0 radical (unpaired) electrons. The van der Waals surface area contributed by atoms with E-state index in [0.717, 1.165) is 0 Å². The molecule has 3 heterocycles. The third-order valence-electron chi connectivity index (χ3n) is 6.70. The second-order valence-electron chi connectivity index (χ2n) is 9.43. The van der Waals surface area contributed by atoms with Crippen molar-refractivity contribution in [2.45, 2.75) is 12.8 Å². The maximum atomic E-state index is 12.8. The molecule has 1 fully saturated rings. The zero-order chi connectivity index (χ0) is 28.3. The molecule has 4 rings (SSSR count). The van der Waals surface area contributed by atoms with Crippen LogP contribution in [-0.4, -0.2) is 79.2 Å². The van der Waals surface area contributed by atoms with Crippen LogP contribution >= 0.6 is 11.6 Å². The Kier molecular flexibility index (Phi) is 8.44. The normalized spacial score (nSPS) is 13.7. The van der Waals surface area contributed by atoms with E-state index in [9.17, 15) is 14.4 Å². The number of anilines is 3. The summed E-state index contributed by atoms with van der Waals surface area (Å²) in [7, 11) is 8.18. The molecule has 2 aromatic heterocycles. The second-order valence-corrected chi connectivity index (χ2v) is 9.84. The Labute approximate surface area is 230 Å². The maximum Gasteiger partial charge on any atom is 0.293 e. The number of aromatic nitrogens is 3. The number of nitrogens with zero attached hydrogens (tertiary/aromatic N) is 5. The van der Waals surface area contributed by atoms with Gasteiger partial charge in [-0.15, -0.1) is 0 Å². The minimum Gasteiger partial charge on any atom is -0.494 e. The molecule has 12 nitrogen and oxygen atoms in total. The predicted molar refractivity (Wildman–Crippen MR) is 149 cm³/mol. The Morgan fingerprint density at radius 2 is 1.90 bits per heavy atom. The molecule has 39 heavy (non-hydrogen) atoms. The van der Waals surface area contributed by atoms with E-state index in [2.05, 4.69) is 20.6 Å². The van der Waals surface area contributed by atoms with Crippen molar-refractivity contribution in [3.63, 3.8) is 0 Å². The fourth-order valence-electron chi connectivity index (χ4n) is 4.47. The lowest BCUT2D eigenvalue weighted by Crippen LogP contribution is -2.40. The first-order chi connectivity index (χ1) is 18.6. The van der Waals surface area contributed by atoms with Gasteiger partial charge in [0.15, 0.2) is 18.2 Å². The molecule has 1 aliphatic rings. The van der Waals surface area contributed by atoms with Gasteiger partial charge in [-0.3, -0.25) is 14.4 Å². The Hall–Kier alpha value is -4.06. The highest BCUT2D eigenvalue weighted by molar-refractivity contribution is 6.33. The third-order valence-corrected chi connectivity index (χ3v) is 6.98. The highest BCUT2D eigenvalue weighted by Gasteiger charge is 2.27. The summed E-state index contributed by atoms with van der Waals surface area (Å²) in [4.78, 5) is 49.4. The van der Waals surface area contributed by atoms with Gasteiger partial charge >= 0.3 is 0 Å². The average Bonchev–Trinajstić information content (AvgIpc) is 2.94.